The molecule has 90 valence electrons. The fraction of sp³-hybridized carbons (Fsp3) is 0.250. The third-order valence-corrected chi connectivity index (χ3v) is 3.57. The Morgan fingerprint density at radius 2 is 2.12 bits per heavy atom. The van der Waals surface area contributed by atoms with Gasteiger partial charge in [0.05, 0.1) is 6.20 Å². The van der Waals surface area contributed by atoms with Crippen LogP contribution in [-0.4, -0.2) is 4.98 Å². The van der Waals surface area contributed by atoms with E-state index in [4.69, 9.17) is 11.6 Å². The van der Waals surface area contributed by atoms with E-state index in [1.807, 2.05) is 6.92 Å². The normalized spacial score (nSPS) is 12.6. The van der Waals surface area contributed by atoms with Crippen molar-refractivity contribution >= 4 is 22.9 Å². The summed E-state index contributed by atoms with van der Waals surface area (Å²) in [4.78, 5) is 4.16. The highest BCUT2D eigenvalue weighted by Crippen LogP contribution is 2.19. The third kappa shape index (κ3) is 3.49. The molecule has 1 N–H and O–H groups in total. The summed E-state index contributed by atoms with van der Waals surface area (Å²) >= 11 is 7.26. The van der Waals surface area contributed by atoms with Crippen molar-refractivity contribution < 1.29 is 4.39 Å². The third-order valence-electron chi connectivity index (χ3n) is 2.45. The molecule has 5 heteroatoms. The second-order valence-corrected chi connectivity index (χ2v) is 5.46. The Morgan fingerprint density at radius 1 is 1.41 bits per heavy atom. The lowest BCUT2D eigenvalue weighted by atomic mass is 10.1. The van der Waals surface area contributed by atoms with Crippen LogP contribution in [0.3, 0.4) is 0 Å². The zero-order valence-electron chi connectivity index (χ0n) is 9.28. The van der Waals surface area contributed by atoms with Gasteiger partial charge in [-0.15, -0.1) is 11.3 Å². The van der Waals surface area contributed by atoms with Gasteiger partial charge in [0.15, 0.2) is 0 Å². The number of benzene rings is 1. The van der Waals surface area contributed by atoms with Gasteiger partial charge >= 0.3 is 0 Å². The maximum absolute atomic E-state index is 12.8. The molecule has 1 atom stereocenters. The van der Waals surface area contributed by atoms with Gasteiger partial charge < -0.3 is 5.32 Å². The van der Waals surface area contributed by atoms with Crippen LogP contribution in [0.2, 0.25) is 4.34 Å². The molecule has 2 aromatic rings. The van der Waals surface area contributed by atoms with Crippen molar-refractivity contribution in [2.75, 3.05) is 0 Å². The average Bonchev–Trinajstić information content (AvgIpc) is 2.73. The van der Waals surface area contributed by atoms with Crippen LogP contribution in [0.4, 0.5) is 4.39 Å². The molecule has 1 aromatic heterocycles. The quantitative estimate of drug-likeness (QED) is 0.914. The van der Waals surface area contributed by atoms with Crippen LogP contribution in [-0.2, 0) is 6.54 Å². The lowest BCUT2D eigenvalue weighted by Crippen LogP contribution is -2.17. The molecule has 1 heterocycles. The van der Waals surface area contributed by atoms with Gasteiger partial charge in [-0.25, -0.2) is 9.37 Å². The lowest BCUT2D eigenvalue weighted by molar-refractivity contribution is 0.570. The minimum atomic E-state index is -0.215. The average molecular weight is 271 g/mol. The van der Waals surface area contributed by atoms with Crippen LogP contribution in [0.1, 0.15) is 23.5 Å². The van der Waals surface area contributed by atoms with Crippen molar-refractivity contribution in [3.05, 3.63) is 51.2 Å². The fourth-order valence-corrected chi connectivity index (χ4v) is 2.39. The number of thiazole rings is 1. The van der Waals surface area contributed by atoms with Crippen LogP contribution in [0.15, 0.2) is 30.5 Å². The largest absolute Gasteiger partial charge is 0.304 e. The molecule has 0 amide bonds. The summed E-state index contributed by atoms with van der Waals surface area (Å²) in [6.45, 7) is 2.69. The summed E-state index contributed by atoms with van der Waals surface area (Å²) in [6, 6.07) is 6.64. The molecule has 1 aromatic carbocycles. The number of hydrogen-bond donors (Lipinski definition) is 1. The molecule has 0 aliphatic carbocycles. The van der Waals surface area contributed by atoms with Crippen LogP contribution >= 0.6 is 22.9 Å². The minimum absolute atomic E-state index is 0.151. The van der Waals surface area contributed by atoms with Crippen molar-refractivity contribution in [3.63, 3.8) is 0 Å². The molecule has 0 saturated carbocycles. The van der Waals surface area contributed by atoms with Gasteiger partial charge in [-0.2, -0.15) is 0 Å². The van der Waals surface area contributed by atoms with Crippen LogP contribution in [0.25, 0.3) is 0 Å². The molecule has 2 rings (SSSR count). The van der Waals surface area contributed by atoms with Crippen LogP contribution < -0.4 is 5.32 Å². The van der Waals surface area contributed by atoms with E-state index in [0.29, 0.717) is 10.9 Å². The monoisotopic (exact) mass is 270 g/mol. The number of rotatable bonds is 4. The van der Waals surface area contributed by atoms with Crippen LogP contribution in [0.5, 0.6) is 0 Å². The molecule has 0 fully saturated rings. The first-order chi connectivity index (χ1) is 8.15. The number of aromatic nitrogens is 1. The zero-order valence-corrected chi connectivity index (χ0v) is 10.9. The van der Waals surface area contributed by atoms with Crippen molar-refractivity contribution in [3.8, 4) is 0 Å². The smallest absolute Gasteiger partial charge is 0.123 e. The number of nitrogens with zero attached hydrogens (tertiary/aromatic N) is 1. The standard InChI is InChI=1S/C12H12ClFN2S/c1-8(9-2-4-10(14)5-3-9)15-7-12-16-6-11(13)17-12/h2-6,8,15H,7H2,1H3. The van der Waals surface area contributed by atoms with E-state index in [9.17, 15) is 4.39 Å². The Morgan fingerprint density at radius 3 is 2.71 bits per heavy atom. The Balaban J connectivity index is 1.93. The molecule has 0 aliphatic rings. The molecule has 0 bridgehead atoms. The van der Waals surface area contributed by atoms with Gasteiger partial charge in [0.1, 0.15) is 15.2 Å². The van der Waals surface area contributed by atoms with Gasteiger partial charge in [-0.3, -0.25) is 0 Å². The summed E-state index contributed by atoms with van der Waals surface area (Å²) < 4.78 is 13.5. The van der Waals surface area contributed by atoms with Crippen molar-refractivity contribution in [1.29, 1.82) is 0 Å². The minimum Gasteiger partial charge on any atom is -0.304 e. The number of hydrogen-bond acceptors (Lipinski definition) is 3. The molecule has 0 radical (unpaired) electrons. The first-order valence-corrected chi connectivity index (χ1v) is 6.43. The second-order valence-electron chi connectivity index (χ2n) is 3.71. The van der Waals surface area contributed by atoms with Gasteiger partial charge in [0, 0.05) is 12.6 Å². The maximum atomic E-state index is 12.8. The summed E-state index contributed by atoms with van der Waals surface area (Å²) in [5.74, 6) is -0.215. The summed E-state index contributed by atoms with van der Waals surface area (Å²) in [5.41, 5.74) is 1.05. The van der Waals surface area contributed by atoms with E-state index in [-0.39, 0.29) is 11.9 Å². The van der Waals surface area contributed by atoms with Gasteiger partial charge in [0.25, 0.3) is 0 Å². The Bertz CT molecular complexity index is 484. The zero-order chi connectivity index (χ0) is 12.3. The molecule has 17 heavy (non-hydrogen) atoms. The number of nitrogens with one attached hydrogen (secondary N) is 1. The highest BCUT2D eigenvalue weighted by atomic mass is 35.5. The Labute approximate surface area is 108 Å². The van der Waals surface area contributed by atoms with E-state index in [1.165, 1.54) is 23.5 Å². The first-order valence-electron chi connectivity index (χ1n) is 5.24. The van der Waals surface area contributed by atoms with Crippen molar-refractivity contribution in [1.82, 2.24) is 10.3 Å². The SMILES string of the molecule is CC(NCc1ncc(Cl)s1)c1ccc(F)cc1. The Kier molecular flexibility index (Phi) is 4.10. The van der Waals surface area contributed by atoms with E-state index >= 15 is 0 Å². The van der Waals surface area contributed by atoms with Crippen LogP contribution in [0, 0.1) is 5.82 Å². The van der Waals surface area contributed by atoms with E-state index in [0.717, 1.165) is 10.6 Å². The van der Waals surface area contributed by atoms with Gasteiger partial charge in [-0.1, -0.05) is 23.7 Å². The fourth-order valence-electron chi connectivity index (χ4n) is 1.48. The van der Waals surface area contributed by atoms with Crippen molar-refractivity contribution in [2.24, 2.45) is 0 Å². The van der Waals surface area contributed by atoms with Gasteiger partial charge in [-0.05, 0) is 24.6 Å². The molecular weight excluding hydrogens is 259 g/mol. The molecular formula is C12H12ClFN2S. The maximum Gasteiger partial charge on any atom is 0.123 e. The molecule has 2 nitrogen and oxygen atoms in total. The highest BCUT2D eigenvalue weighted by molar-refractivity contribution is 7.15. The Hall–Kier alpha value is -0.970. The predicted molar refractivity (Wildman–Crippen MR) is 68.8 cm³/mol. The topological polar surface area (TPSA) is 24.9 Å². The molecule has 1 unspecified atom stereocenters. The second kappa shape index (κ2) is 5.58. The van der Waals surface area contributed by atoms with Gasteiger partial charge in [0.2, 0.25) is 0 Å². The van der Waals surface area contributed by atoms with E-state index in [2.05, 4.69) is 10.3 Å². The van der Waals surface area contributed by atoms with E-state index < -0.39 is 0 Å². The highest BCUT2D eigenvalue weighted by Gasteiger charge is 2.06. The number of halogens is 2. The first kappa shape index (κ1) is 12.5. The summed E-state index contributed by atoms with van der Waals surface area (Å²) in [6.07, 6.45) is 1.64. The summed E-state index contributed by atoms with van der Waals surface area (Å²) in [5, 5.41) is 4.26. The predicted octanol–water partition coefficient (Wildman–Crippen LogP) is 3.79. The van der Waals surface area contributed by atoms with Crippen molar-refractivity contribution in [2.45, 2.75) is 19.5 Å². The lowest BCUT2D eigenvalue weighted by Gasteiger charge is -2.12. The summed E-state index contributed by atoms with van der Waals surface area (Å²) in [7, 11) is 0. The molecule has 0 aliphatic heterocycles. The molecule has 0 spiro atoms. The van der Waals surface area contributed by atoms with E-state index in [1.54, 1.807) is 18.3 Å². The molecule has 0 saturated heterocycles.